The van der Waals surface area contributed by atoms with Crippen molar-refractivity contribution >= 4 is 45.6 Å². The van der Waals surface area contributed by atoms with Crippen molar-refractivity contribution in [2.75, 3.05) is 6.54 Å². The molecule has 2 aromatic heterocycles. The Morgan fingerprint density at radius 3 is 2.26 bits per heavy atom. The molecule has 0 aliphatic carbocycles. The summed E-state index contributed by atoms with van der Waals surface area (Å²) in [6.45, 7) is 4.35. The standard InChI is InChI=1S/C25H25N5O3S.Na/c1-18-24(21-6-4-3-5-7-21)19(2)30(28-18)22-10-8-20(9-11-22)12-17-27-25(31)29-34(32,33)23-13-15-26-16-14-23;/h3-11,13-16H,12,17H2,1-2H3,(H2,27,29,31);. The number of urea groups is 1. The van der Waals surface area contributed by atoms with Crippen molar-refractivity contribution < 1.29 is 13.2 Å². The zero-order valence-electron chi connectivity index (χ0n) is 19.9. The van der Waals surface area contributed by atoms with E-state index in [-0.39, 0.29) is 41.0 Å². The van der Waals surface area contributed by atoms with Gasteiger partial charge in [-0.1, -0.05) is 42.5 Å². The van der Waals surface area contributed by atoms with Crippen LogP contribution in [0, 0.1) is 13.8 Å². The molecule has 2 N–H and O–H groups in total. The van der Waals surface area contributed by atoms with Gasteiger partial charge in [-0.25, -0.2) is 22.6 Å². The van der Waals surface area contributed by atoms with E-state index in [2.05, 4.69) is 29.4 Å². The molecule has 2 amide bonds. The maximum absolute atomic E-state index is 12.2. The number of rotatable bonds is 7. The summed E-state index contributed by atoms with van der Waals surface area (Å²) in [6.07, 6.45) is 3.25. The Bertz CT molecular complexity index is 1390. The third kappa shape index (κ3) is 6.37. The van der Waals surface area contributed by atoms with Crippen LogP contribution in [0.15, 0.2) is 84.0 Å². The number of aromatic nitrogens is 3. The van der Waals surface area contributed by atoms with Crippen LogP contribution >= 0.6 is 0 Å². The molecule has 10 heteroatoms. The molecule has 2 heterocycles. The van der Waals surface area contributed by atoms with Crippen LogP contribution in [0.4, 0.5) is 4.79 Å². The van der Waals surface area contributed by atoms with E-state index < -0.39 is 16.1 Å². The molecule has 4 aromatic rings. The van der Waals surface area contributed by atoms with Crippen LogP contribution in [0.3, 0.4) is 0 Å². The first-order valence-electron chi connectivity index (χ1n) is 10.8. The number of hydrogen-bond donors (Lipinski definition) is 2. The van der Waals surface area contributed by atoms with Crippen LogP contribution in [0.5, 0.6) is 0 Å². The van der Waals surface area contributed by atoms with Gasteiger partial charge in [0.25, 0.3) is 10.0 Å². The van der Waals surface area contributed by atoms with Crippen LogP contribution in [-0.4, -0.2) is 65.3 Å². The van der Waals surface area contributed by atoms with Crippen LogP contribution < -0.4 is 10.0 Å². The van der Waals surface area contributed by atoms with Gasteiger partial charge in [-0.05, 0) is 55.7 Å². The van der Waals surface area contributed by atoms with Crippen molar-refractivity contribution in [2.45, 2.75) is 25.2 Å². The Balaban J connectivity index is 0.00000342. The van der Waals surface area contributed by atoms with Gasteiger partial charge in [-0.3, -0.25) is 4.98 Å². The number of nitrogens with zero attached hydrogens (tertiary/aromatic N) is 3. The second-order valence-electron chi connectivity index (χ2n) is 7.78. The summed E-state index contributed by atoms with van der Waals surface area (Å²) >= 11 is 0. The monoisotopic (exact) mass is 498 g/mol. The number of pyridine rings is 1. The molecule has 1 radical (unpaired) electrons. The van der Waals surface area contributed by atoms with Gasteiger partial charge in [0.05, 0.1) is 16.3 Å². The van der Waals surface area contributed by atoms with E-state index in [0.717, 1.165) is 33.8 Å². The number of nitrogens with one attached hydrogen (secondary N) is 2. The molecule has 0 spiro atoms. The maximum atomic E-state index is 12.2. The fraction of sp³-hybridized carbons (Fsp3) is 0.160. The summed E-state index contributed by atoms with van der Waals surface area (Å²) < 4.78 is 28.3. The van der Waals surface area contributed by atoms with E-state index in [4.69, 9.17) is 5.10 Å². The van der Waals surface area contributed by atoms with E-state index >= 15 is 0 Å². The quantitative estimate of drug-likeness (QED) is 0.380. The van der Waals surface area contributed by atoms with Crippen molar-refractivity contribution in [1.82, 2.24) is 24.8 Å². The van der Waals surface area contributed by atoms with E-state index in [9.17, 15) is 13.2 Å². The van der Waals surface area contributed by atoms with Gasteiger partial charge < -0.3 is 5.32 Å². The molecule has 0 fully saturated rings. The van der Waals surface area contributed by atoms with E-state index in [0.29, 0.717) is 6.42 Å². The summed E-state index contributed by atoms with van der Waals surface area (Å²) in [5.41, 5.74) is 6.23. The number of sulfonamides is 1. The Kier molecular flexibility index (Phi) is 8.85. The van der Waals surface area contributed by atoms with Gasteiger partial charge in [0.1, 0.15) is 0 Å². The van der Waals surface area contributed by atoms with Crippen molar-refractivity contribution in [3.63, 3.8) is 0 Å². The van der Waals surface area contributed by atoms with E-state index in [1.54, 1.807) is 0 Å². The van der Waals surface area contributed by atoms with Crippen molar-refractivity contribution in [1.29, 1.82) is 0 Å². The van der Waals surface area contributed by atoms with Crippen LogP contribution in [0.25, 0.3) is 16.8 Å². The first-order valence-corrected chi connectivity index (χ1v) is 12.2. The number of benzene rings is 2. The molecule has 0 bridgehead atoms. The number of aryl methyl sites for hydroxylation is 1. The van der Waals surface area contributed by atoms with Gasteiger partial charge in [0.15, 0.2) is 0 Å². The topological polar surface area (TPSA) is 106 Å². The van der Waals surface area contributed by atoms with Gasteiger partial charge in [0.2, 0.25) is 0 Å². The first-order chi connectivity index (χ1) is 16.3. The van der Waals surface area contributed by atoms with E-state index in [1.807, 2.05) is 58.8 Å². The van der Waals surface area contributed by atoms with Crippen LogP contribution in [0.1, 0.15) is 17.0 Å². The Morgan fingerprint density at radius 1 is 0.943 bits per heavy atom. The molecule has 0 atom stereocenters. The van der Waals surface area contributed by atoms with Gasteiger partial charge >= 0.3 is 6.03 Å². The second-order valence-corrected chi connectivity index (χ2v) is 9.47. The molecule has 35 heavy (non-hydrogen) atoms. The Hall–Kier alpha value is -2.98. The molecule has 0 aliphatic rings. The zero-order valence-corrected chi connectivity index (χ0v) is 22.7. The average Bonchev–Trinajstić information content (AvgIpc) is 3.14. The average molecular weight is 499 g/mol. The smallest absolute Gasteiger partial charge is 0.328 e. The van der Waals surface area contributed by atoms with Crippen molar-refractivity contribution in [3.05, 3.63) is 96.1 Å². The molecule has 175 valence electrons. The molecular weight excluding hydrogens is 473 g/mol. The summed E-state index contributed by atoms with van der Waals surface area (Å²) in [5, 5.41) is 7.30. The second kappa shape index (κ2) is 11.6. The number of carbonyl (C=O) groups excluding carboxylic acids is 1. The minimum absolute atomic E-state index is 0. The fourth-order valence-electron chi connectivity index (χ4n) is 3.78. The molecule has 0 saturated carbocycles. The molecule has 8 nitrogen and oxygen atoms in total. The molecule has 2 aromatic carbocycles. The molecular formula is C25H25N5NaO3S. The largest absolute Gasteiger partial charge is 0.337 e. The SMILES string of the molecule is Cc1nn(-c2ccc(CCNC(=O)NS(=O)(=O)c3ccncc3)cc2)c(C)c1-c1ccccc1.[Na]. The summed E-state index contributed by atoms with van der Waals surface area (Å²) in [5.74, 6) is 0. The third-order valence-electron chi connectivity index (χ3n) is 5.42. The molecule has 0 unspecified atom stereocenters. The predicted octanol–water partition coefficient (Wildman–Crippen LogP) is 3.40. The number of hydrogen-bond acceptors (Lipinski definition) is 5. The van der Waals surface area contributed by atoms with Crippen LogP contribution in [0.2, 0.25) is 0 Å². The minimum Gasteiger partial charge on any atom is -0.337 e. The van der Waals surface area contributed by atoms with Crippen LogP contribution in [-0.2, 0) is 16.4 Å². The number of carbonyl (C=O) groups is 1. The normalized spacial score (nSPS) is 10.9. The molecule has 0 saturated heterocycles. The Labute approximate surface area is 227 Å². The maximum Gasteiger partial charge on any atom is 0.328 e. The number of amides is 2. The summed E-state index contributed by atoms with van der Waals surface area (Å²) in [4.78, 5) is 15.8. The van der Waals surface area contributed by atoms with E-state index in [1.165, 1.54) is 24.5 Å². The van der Waals surface area contributed by atoms with Gasteiger partial charge in [-0.2, -0.15) is 5.10 Å². The summed E-state index contributed by atoms with van der Waals surface area (Å²) in [6, 6.07) is 20.0. The molecule has 4 rings (SSSR count). The minimum atomic E-state index is -3.93. The molecule has 0 aliphatic heterocycles. The van der Waals surface area contributed by atoms with Crippen molar-refractivity contribution in [2.24, 2.45) is 0 Å². The van der Waals surface area contributed by atoms with Gasteiger partial charge in [-0.15, -0.1) is 0 Å². The van der Waals surface area contributed by atoms with Crippen molar-refractivity contribution in [3.8, 4) is 16.8 Å². The van der Waals surface area contributed by atoms with Gasteiger partial charge in [0, 0.05) is 59.8 Å². The predicted molar refractivity (Wildman–Crippen MR) is 136 cm³/mol. The third-order valence-corrected chi connectivity index (χ3v) is 6.77. The first kappa shape index (κ1) is 26.6. The zero-order chi connectivity index (χ0) is 24.1. The fourth-order valence-corrected chi connectivity index (χ4v) is 4.69. The summed E-state index contributed by atoms with van der Waals surface area (Å²) in [7, 11) is -3.93. The Morgan fingerprint density at radius 2 is 1.60 bits per heavy atom.